The lowest BCUT2D eigenvalue weighted by atomic mass is 10.1. The zero-order chi connectivity index (χ0) is 18.4. The number of nitrogens with zero attached hydrogens (tertiary/aromatic N) is 6. The maximum absolute atomic E-state index is 6.75. The monoisotopic (exact) mass is 340 g/mol. The quantitative estimate of drug-likeness (QED) is 0.348. The van der Waals surface area contributed by atoms with Crippen LogP contribution in [0.1, 0.15) is 16.7 Å². The molecule has 0 spiro atoms. The van der Waals surface area contributed by atoms with Crippen LogP contribution in [0, 0.1) is 20.8 Å². The summed E-state index contributed by atoms with van der Waals surface area (Å²) in [5, 5.41) is 0. The molecule has 0 aliphatic heterocycles. The van der Waals surface area contributed by atoms with E-state index < -0.39 is 7.94 Å². The molecule has 0 fully saturated rings. The second-order valence-corrected chi connectivity index (χ2v) is 9.57. The Morgan fingerprint density at radius 1 is 0.826 bits per heavy atom. The molecule has 0 unspecified atom stereocenters. The van der Waals surface area contributed by atoms with Gasteiger partial charge < -0.3 is 11.1 Å². The van der Waals surface area contributed by atoms with E-state index in [4.69, 9.17) is 15.6 Å². The highest BCUT2D eigenvalue weighted by Gasteiger charge is 2.52. The smallest absolute Gasteiger partial charge is 0.373 e. The molecule has 1 aromatic rings. The molecule has 1 rings (SSSR count). The van der Waals surface area contributed by atoms with Crippen molar-refractivity contribution in [2.24, 2.45) is 0 Å². The normalized spacial score (nSPS) is 11.3. The van der Waals surface area contributed by atoms with Crippen molar-refractivity contribution in [3.05, 3.63) is 44.8 Å². The third-order valence-corrected chi connectivity index (χ3v) is 6.94. The second-order valence-electron chi connectivity index (χ2n) is 5.96. The third-order valence-electron chi connectivity index (χ3n) is 3.38. The van der Waals surface area contributed by atoms with Crippen LogP contribution in [0.4, 0.5) is 0 Å². The summed E-state index contributed by atoms with van der Waals surface area (Å²) in [4.78, 5) is 1.50. The van der Waals surface area contributed by atoms with E-state index in [1.807, 2.05) is 0 Å². The van der Waals surface area contributed by atoms with Crippen LogP contribution in [0.15, 0.2) is 12.1 Å². The van der Waals surface area contributed by atoms with E-state index in [1.165, 1.54) is 21.6 Å². The zero-order valence-corrected chi connectivity index (χ0v) is 16.6. The minimum Gasteiger partial charge on any atom is -0.373 e. The van der Waals surface area contributed by atoms with Crippen LogP contribution < -0.4 is 4.52 Å². The molecule has 0 saturated carbocycles. The Labute approximate surface area is 140 Å². The maximum atomic E-state index is 6.75. The van der Waals surface area contributed by atoms with E-state index in [2.05, 4.69) is 89.2 Å². The summed E-state index contributed by atoms with van der Waals surface area (Å²) < 4.78 is 13.2. The van der Waals surface area contributed by atoms with Crippen LogP contribution in [0.2, 0.25) is 0 Å². The maximum Gasteiger partial charge on any atom is 0.416 e. The Morgan fingerprint density at radius 2 is 1.13 bits per heavy atom. The fraction of sp³-hybridized carbons (Fsp3) is 0.600. The van der Waals surface area contributed by atoms with Gasteiger partial charge in [-0.3, -0.25) is 9.44 Å². The van der Waals surface area contributed by atoms with Crippen LogP contribution in [-0.4, -0.2) is 56.3 Å². The van der Waals surface area contributed by atoms with Crippen molar-refractivity contribution in [2.45, 2.75) is 20.8 Å². The van der Waals surface area contributed by atoms with E-state index >= 15 is 0 Å². The molecule has 8 heteroatoms. The molecule has 0 aliphatic carbocycles. The molecular formula is C15H29N6OP. The molecule has 0 N–H and O–H groups in total. The zero-order valence-electron chi connectivity index (χ0n) is 15.7. The van der Waals surface area contributed by atoms with Crippen molar-refractivity contribution in [1.29, 1.82) is 0 Å². The highest BCUT2D eigenvalue weighted by molar-refractivity contribution is 7.64. The largest absolute Gasteiger partial charge is 0.416 e. The molecule has 23 heavy (non-hydrogen) atoms. The van der Waals surface area contributed by atoms with Crippen LogP contribution >= 0.6 is 7.94 Å². The van der Waals surface area contributed by atoms with Crippen LogP contribution in [0.25, 0.3) is 16.0 Å². The lowest BCUT2D eigenvalue weighted by Crippen LogP contribution is -2.39. The lowest BCUT2D eigenvalue weighted by molar-refractivity contribution is 0.349. The van der Waals surface area contributed by atoms with E-state index in [1.54, 1.807) is 0 Å². The molecule has 1 aromatic carbocycles. The minimum atomic E-state index is -2.00. The average molecular weight is 340 g/mol. The van der Waals surface area contributed by atoms with Crippen molar-refractivity contribution in [1.82, 2.24) is 14.0 Å². The number of aryl methyl sites for hydroxylation is 3. The molecule has 0 aliphatic rings. The van der Waals surface area contributed by atoms with Crippen molar-refractivity contribution in [2.75, 3.05) is 42.3 Å². The Kier molecular flexibility index (Phi) is 8.53. The average Bonchev–Trinajstić information content (AvgIpc) is 2.37. The van der Waals surface area contributed by atoms with Crippen LogP contribution in [0.5, 0.6) is 5.75 Å². The first-order valence-electron chi connectivity index (χ1n) is 7.22. The Bertz CT molecular complexity index is 508. The van der Waals surface area contributed by atoms with Gasteiger partial charge in [0.15, 0.2) is 5.75 Å². The van der Waals surface area contributed by atoms with E-state index in [0.29, 0.717) is 0 Å². The standard InChI is InChI=1S/C15H29N3OP.N3/c1-12-10-13(2)15(14(3)11-12)19-20(16(4)5,17(6)7)18(8)9;1-3-2/h10-11H,1-9H3;/q+1;-1. The van der Waals surface area contributed by atoms with E-state index in [9.17, 15) is 0 Å². The molecule has 0 radical (unpaired) electrons. The SMILES string of the molecule is Cc1cc(C)c(O[P+](N(C)C)(N(C)C)N(C)C)c(C)c1.[N-]=[N+]=[N-]. The highest BCUT2D eigenvalue weighted by atomic mass is 31.2. The molecule has 0 saturated heterocycles. The molecule has 7 nitrogen and oxygen atoms in total. The first-order chi connectivity index (χ1) is 10.5. The van der Waals surface area contributed by atoms with Crippen molar-refractivity contribution >= 4 is 7.94 Å². The summed E-state index contributed by atoms with van der Waals surface area (Å²) >= 11 is 0. The first kappa shape index (κ1) is 21.6. The highest BCUT2D eigenvalue weighted by Crippen LogP contribution is 2.64. The predicted octanol–water partition coefficient (Wildman–Crippen LogP) is 4.22. The van der Waals surface area contributed by atoms with Gasteiger partial charge in [-0.2, -0.15) is 0 Å². The van der Waals surface area contributed by atoms with Gasteiger partial charge >= 0.3 is 7.94 Å². The molecule has 0 atom stereocenters. The van der Waals surface area contributed by atoms with Gasteiger partial charge in [-0.25, -0.2) is 0 Å². The Balaban J connectivity index is 0.00000149. The summed E-state index contributed by atoms with van der Waals surface area (Å²) in [5.74, 6) is 1.00. The molecule has 0 heterocycles. The summed E-state index contributed by atoms with van der Waals surface area (Å²) in [6.45, 7) is 6.35. The van der Waals surface area contributed by atoms with Gasteiger partial charge in [0, 0.05) is 42.3 Å². The van der Waals surface area contributed by atoms with E-state index in [0.717, 1.165) is 5.75 Å². The van der Waals surface area contributed by atoms with E-state index in [-0.39, 0.29) is 0 Å². The fourth-order valence-electron chi connectivity index (χ4n) is 2.75. The summed E-state index contributed by atoms with van der Waals surface area (Å²) in [6.07, 6.45) is 0. The third kappa shape index (κ3) is 5.06. The lowest BCUT2D eigenvalue weighted by Gasteiger charge is -2.37. The molecule has 0 aromatic heterocycles. The van der Waals surface area contributed by atoms with Gasteiger partial charge in [-0.1, -0.05) is 17.7 Å². The molecular weight excluding hydrogens is 311 g/mol. The van der Waals surface area contributed by atoms with Crippen LogP contribution in [0.3, 0.4) is 0 Å². The topological polar surface area (TPSA) is 77.7 Å². The second kappa shape index (κ2) is 9.06. The number of hydrogen-bond acceptors (Lipinski definition) is 4. The van der Waals surface area contributed by atoms with Gasteiger partial charge in [-0.05, 0) is 31.9 Å². The minimum absolute atomic E-state index is 1.00. The van der Waals surface area contributed by atoms with Gasteiger partial charge in [0.05, 0.1) is 0 Å². The number of hydrogen-bond donors (Lipinski definition) is 0. The Hall–Kier alpha value is -1.36. The predicted molar refractivity (Wildman–Crippen MR) is 99.3 cm³/mol. The fourth-order valence-corrected chi connectivity index (χ4v) is 5.92. The molecule has 0 bridgehead atoms. The van der Waals surface area contributed by atoms with Gasteiger partial charge in [0.2, 0.25) is 0 Å². The Morgan fingerprint density at radius 3 is 1.39 bits per heavy atom. The van der Waals surface area contributed by atoms with Crippen molar-refractivity contribution in [3.8, 4) is 5.75 Å². The van der Waals surface area contributed by atoms with Crippen molar-refractivity contribution < 1.29 is 4.52 Å². The molecule has 0 amide bonds. The van der Waals surface area contributed by atoms with Gasteiger partial charge in [0.25, 0.3) is 0 Å². The number of rotatable bonds is 5. The van der Waals surface area contributed by atoms with Crippen molar-refractivity contribution in [3.63, 3.8) is 0 Å². The summed E-state index contributed by atoms with van der Waals surface area (Å²) in [6, 6.07) is 4.36. The molecule has 130 valence electrons. The number of benzene rings is 1. The summed E-state index contributed by atoms with van der Waals surface area (Å²) in [5.41, 5.74) is 17.2. The first-order valence-corrected chi connectivity index (χ1v) is 8.79. The summed E-state index contributed by atoms with van der Waals surface area (Å²) in [7, 11) is 10.5. The van der Waals surface area contributed by atoms with Gasteiger partial charge in [0.1, 0.15) is 0 Å². The van der Waals surface area contributed by atoms with Crippen LogP contribution in [-0.2, 0) is 0 Å². The van der Waals surface area contributed by atoms with Gasteiger partial charge in [-0.15, -0.1) is 14.0 Å².